The molecular weight excluding hydrogens is 663 g/mol. The van der Waals surface area contributed by atoms with Crippen LogP contribution in [0.1, 0.15) is 26.3 Å². The van der Waals surface area contributed by atoms with E-state index in [1.165, 1.54) is 10.6 Å². The zero-order valence-electron chi connectivity index (χ0n) is 24.5. The fourth-order valence-electron chi connectivity index (χ4n) is 5.77. The van der Waals surface area contributed by atoms with Gasteiger partial charge in [-0.3, -0.25) is 14.2 Å². The summed E-state index contributed by atoms with van der Waals surface area (Å²) >= 11 is 25.7. The number of hydrogen-bond donors (Lipinski definition) is 2. The molecule has 3 N–H and O–H groups in total. The first kappa shape index (κ1) is 32.6. The molecule has 2 aliphatic rings. The Morgan fingerprint density at radius 3 is 2.47 bits per heavy atom. The molecule has 234 valence electrons. The van der Waals surface area contributed by atoms with Crippen LogP contribution in [0.3, 0.4) is 0 Å². The lowest BCUT2D eigenvalue weighted by atomic mass is 9.94. The Kier molecular flexibility index (Phi) is 9.11. The summed E-state index contributed by atoms with van der Waals surface area (Å²) in [5.74, 6) is -1.18. The lowest BCUT2D eigenvalue weighted by Gasteiger charge is -2.37. The van der Waals surface area contributed by atoms with E-state index in [4.69, 9.17) is 57.1 Å². The lowest BCUT2D eigenvalue weighted by Crippen LogP contribution is -2.49. The Labute approximate surface area is 278 Å². The second-order valence-corrected chi connectivity index (χ2v) is 12.6. The van der Waals surface area contributed by atoms with E-state index in [9.17, 15) is 19.2 Å². The summed E-state index contributed by atoms with van der Waals surface area (Å²) in [5.41, 5.74) is 7.13. The van der Waals surface area contributed by atoms with Gasteiger partial charge in [-0.05, 0) is 42.8 Å². The van der Waals surface area contributed by atoms with Gasteiger partial charge in [0.15, 0.2) is 5.82 Å². The highest BCUT2D eigenvalue weighted by Crippen LogP contribution is 2.47. The molecule has 3 aromatic rings. The van der Waals surface area contributed by atoms with Crippen LogP contribution in [0.4, 0.5) is 15.8 Å². The summed E-state index contributed by atoms with van der Waals surface area (Å²) in [5, 5.41) is 13.0. The molecule has 0 radical (unpaired) electrons. The monoisotopic (exact) mass is 689 g/mol. The van der Waals surface area contributed by atoms with Crippen molar-refractivity contribution in [2.75, 3.05) is 36.8 Å². The third kappa shape index (κ3) is 5.42. The normalized spacial score (nSPS) is 16.8. The van der Waals surface area contributed by atoms with Gasteiger partial charge in [0.25, 0.3) is 5.56 Å². The minimum Gasteiger partial charge on any atom is -0.397 e. The average molecular weight is 691 g/mol. The van der Waals surface area contributed by atoms with Crippen molar-refractivity contribution in [2.45, 2.75) is 26.8 Å². The van der Waals surface area contributed by atoms with E-state index < -0.39 is 21.4 Å². The number of aromatic nitrogens is 2. The highest BCUT2D eigenvalue weighted by molar-refractivity contribution is 6.47. The SMILES string of the molecule is C=CC(=O)N1CCN(c2c(C#N)c(=O)n(C3=C(C)C=CNC3C(C)C)c3nc(-c4c(N)c(Cl)c(F)c(Cl)c4Cl)c(Cl)cc23)CC1. The van der Waals surface area contributed by atoms with Gasteiger partial charge in [0, 0.05) is 37.1 Å². The second kappa shape index (κ2) is 12.6. The number of nitrogen functional groups attached to an aromatic ring is 1. The average Bonchev–Trinajstić information content (AvgIpc) is 3.02. The van der Waals surface area contributed by atoms with Crippen molar-refractivity contribution in [3.63, 3.8) is 0 Å². The standard InChI is InChI=1S/C31H28Cl4FN7O2/c1-5-19(44)41-8-10-42(11-9-41)29-16-12-18(32)27(20-21(33)22(34)24(36)23(35)25(20)38)40-30(16)43(31(45)17(29)13-37)28-15(4)6-7-39-26(28)14(2)3/h5-7,12,14,26,39H,1,8-11,38H2,2-4H3. The van der Waals surface area contributed by atoms with Crippen LogP contribution in [0.2, 0.25) is 20.1 Å². The number of nitrogens with one attached hydrogen (secondary N) is 1. The van der Waals surface area contributed by atoms with Crippen molar-refractivity contribution >= 4 is 80.4 Å². The molecule has 1 atom stereocenters. The molecule has 5 rings (SSSR count). The van der Waals surface area contributed by atoms with E-state index in [1.54, 1.807) is 17.2 Å². The molecule has 1 fully saturated rings. The molecule has 1 unspecified atom stereocenters. The fraction of sp³-hybridized carbons (Fsp3) is 0.290. The van der Waals surface area contributed by atoms with Crippen molar-refractivity contribution in [3.8, 4) is 17.3 Å². The van der Waals surface area contributed by atoms with E-state index in [2.05, 4.69) is 18.0 Å². The molecular formula is C31H28Cl4FN7O2. The van der Waals surface area contributed by atoms with E-state index >= 15 is 0 Å². The maximum atomic E-state index is 14.7. The number of fused-ring (bicyclic) bond motifs is 1. The van der Waals surface area contributed by atoms with Crippen molar-refractivity contribution in [2.24, 2.45) is 5.92 Å². The minimum absolute atomic E-state index is 0.00537. The Hall–Kier alpha value is -3.75. The van der Waals surface area contributed by atoms with E-state index in [0.717, 1.165) is 5.57 Å². The number of dihydropyridines is 1. The van der Waals surface area contributed by atoms with E-state index in [0.29, 0.717) is 42.9 Å². The van der Waals surface area contributed by atoms with Gasteiger partial charge in [-0.1, -0.05) is 66.8 Å². The van der Waals surface area contributed by atoms with Crippen LogP contribution < -0.4 is 21.5 Å². The summed E-state index contributed by atoms with van der Waals surface area (Å²) in [6, 6.07) is 3.36. The van der Waals surface area contributed by atoms with Crippen LogP contribution in [0, 0.1) is 23.1 Å². The van der Waals surface area contributed by atoms with Crippen LogP contribution in [-0.2, 0) is 4.79 Å². The Bertz CT molecular complexity index is 1910. The molecule has 2 aliphatic heterocycles. The molecule has 0 spiro atoms. The van der Waals surface area contributed by atoms with Crippen molar-refractivity contribution in [1.29, 1.82) is 5.26 Å². The quantitative estimate of drug-likeness (QED) is 0.136. The number of nitrogens with zero attached hydrogens (tertiary/aromatic N) is 5. The highest BCUT2D eigenvalue weighted by atomic mass is 35.5. The first-order valence-corrected chi connectivity index (χ1v) is 15.5. The number of halogens is 5. The van der Waals surface area contributed by atoms with Crippen LogP contribution in [-0.4, -0.2) is 52.6 Å². The van der Waals surface area contributed by atoms with Gasteiger partial charge < -0.3 is 20.9 Å². The summed E-state index contributed by atoms with van der Waals surface area (Å²) < 4.78 is 16.1. The molecule has 1 saturated heterocycles. The van der Waals surface area contributed by atoms with Crippen molar-refractivity contribution in [3.05, 3.63) is 78.4 Å². The van der Waals surface area contributed by atoms with Crippen LogP contribution in [0.5, 0.6) is 0 Å². The van der Waals surface area contributed by atoms with Gasteiger partial charge in [0.05, 0.1) is 43.9 Å². The van der Waals surface area contributed by atoms with Gasteiger partial charge in [0.2, 0.25) is 5.91 Å². The maximum Gasteiger partial charge on any atom is 0.276 e. The van der Waals surface area contributed by atoms with Crippen LogP contribution >= 0.6 is 46.4 Å². The lowest BCUT2D eigenvalue weighted by molar-refractivity contribution is -0.126. The number of rotatable bonds is 5. The second-order valence-electron chi connectivity index (χ2n) is 11.0. The number of nitriles is 1. The van der Waals surface area contributed by atoms with Gasteiger partial charge in [0.1, 0.15) is 22.3 Å². The third-order valence-electron chi connectivity index (χ3n) is 8.03. The number of amides is 1. The van der Waals surface area contributed by atoms with E-state index in [-0.39, 0.29) is 56.1 Å². The van der Waals surface area contributed by atoms with E-state index in [1.807, 2.05) is 31.7 Å². The first-order chi connectivity index (χ1) is 21.3. The summed E-state index contributed by atoms with van der Waals surface area (Å²) in [4.78, 5) is 35.1. The predicted molar refractivity (Wildman–Crippen MR) is 179 cm³/mol. The molecule has 45 heavy (non-hydrogen) atoms. The molecule has 2 aromatic heterocycles. The molecule has 0 aliphatic carbocycles. The number of hydrogen-bond acceptors (Lipinski definition) is 7. The molecule has 14 heteroatoms. The predicted octanol–water partition coefficient (Wildman–Crippen LogP) is 6.48. The minimum atomic E-state index is -0.992. The highest BCUT2D eigenvalue weighted by Gasteiger charge is 2.32. The number of pyridine rings is 2. The zero-order valence-corrected chi connectivity index (χ0v) is 27.5. The number of carbonyl (C=O) groups is 1. The smallest absolute Gasteiger partial charge is 0.276 e. The van der Waals surface area contributed by atoms with Crippen LogP contribution in [0.15, 0.2) is 41.4 Å². The molecule has 1 aromatic carbocycles. The summed E-state index contributed by atoms with van der Waals surface area (Å²) in [6.45, 7) is 10.8. The fourth-order valence-corrected chi connectivity index (χ4v) is 6.71. The largest absolute Gasteiger partial charge is 0.397 e. The number of piperazine rings is 1. The number of allylic oxidation sites excluding steroid dienone is 2. The van der Waals surface area contributed by atoms with Crippen LogP contribution in [0.25, 0.3) is 28.0 Å². The molecule has 0 bridgehead atoms. The topological polar surface area (TPSA) is 120 Å². The summed E-state index contributed by atoms with van der Waals surface area (Å²) in [6.07, 6.45) is 4.88. The molecule has 1 amide bonds. The van der Waals surface area contributed by atoms with Gasteiger partial charge >= 0.3 is 0 Å². The Morgan fingerprint density at radius 1 is 1.20 bits per heavy atom. The number of carbonyl (C=O) groups excluding carboxylic acids is 1. The van der Waals surface area contributed by atoms with Gasteiger partial charge in [-0.25, -0.2) is 9.37 Å². The Morgan fingerprint density at radius 2 is 1.87 bits per heavy atom. The number of anilines is 2. The number of benzene rings is 1. The molecule has 4 heterocycles. The first-order valence-electron chi connectivity index (χ1n) is 13.9. The molecule has 9 nitrogen and oxygen atoms in total. The maximum absolute atomic E-state index is 14.7. The zero-order chi connectivity index (χ0) is 32.9. The third-order valence-corrected chi connectivity index (χ3v) is 9.51. The number of nitrogens with two attached hydrogens (primary N) is 1. The van der Waals surface area contributed by atoms with Gasteiger partial charge in [-0.15, -0.1) is 0 Å². The summed E-state index contributed by atoms with van der Waals surface area (Å²) in [7, 11) is 0. The Balaban J connectivity index is 1.90. The van der Waals surface area contributed by atoms with Crippen molar-refractivity contribution in [1.82, 2.24) is 19.8 Å². The van der Waals surface area contributed by atoms with Crippen molar-refractivity contribution < 1.29 is 9.18 Å². The molecule has 0 saturated carbocycles. The van der Waals surface area contributed by atoms with Gasteiger partial charge in [-0.2, -0.15) is 5.26 Å².